The minimum atomic E-state index is -0.879. The van der Waals surface area contributed by atoms with Crippen LogP contribution in [0, 0.1) is 5.82 Å². The second-order valence-corrected chi connectivity index (χ2v) is 3.73. The molecule has 0 aliphatic rings. The van der Waals surface area contributed by atoms with Gasteiger partial charge in [0.25, 0.3) is 0 Å². The summed E-state index contributed by atoms with van der Waals surface area (Å²) in [6, 6.07) is 5.92. The van der Waals surface area contributed by atoms with Crippen molar-refractivity contribution < 1.29 is 23.5 Å². The number of hydrogen-bond acceptors (Lipinski definition) is 4. The van der Waals surface area contributed by atoms with E-state index in [-0.39, 0.29) is 12.0 Å². The normalized spacial score (nSPS) is 12.2. The highest BCUT2D eigenvalue weighted by atomic mass is 19.1. The Balaban J connectivity index is 2.93. The average Bonchev–Trinajstić information content (AvgIpc) is 2.43. The first kappa shape index (κ1) is 14.9. The van der Waals surface area contributed by atoms with Crippen molar-refractivity contribution in [3.05, 3.63) is 47.8 Å². The number of halogens is 1. The lowest BCUT2D eigenvalue weighted by Crippen LogP contribution is -2.13. The minimum Gasteiger partial charge on any atom is -0.469 e. The summed E-state index contributed by atoms with van der Waals surface area (Å²) >= 11 is 0. The number of hydrogen-bond donors (Lipinski definition) is 0. The quantitative estimate of drug-likeness (QED) is 0.605. The zero-order valence-corrected chi connectivity index (χ0v) is 10.8. The van der Waals surface area contributed by atoms with E-state index in [1.54, 1.807) is 6.07 Å². The fourth-order valence-corrected chi connectivity index (χ4v) is 1.55. The van der Waals surface area contributed by atoms with E-state index >= 15 is 0 Å². The highest BCUT2D eigenvalue weighted by Gasteiger charge is 2.21. The van der Waals surface area contributed by atoms with Gasteiger partial charge in [-0.2, -0.15) is 0 Å². The molecule has 0 saturated heterocycles. The largest absolute Gasteiger partial charge is 0.469 e. The summed E-state index contributed by atoms with van der Waals surface area (Å²) in [6.07, 6.45) is 2.90. The van der Waals surface area contributed by atoms with Crippen LogP contribution in [0.2, 0.25) is 0 Å². The maximum Gasteiger partial charge on any atom is 0.317 e. The Morgan fingerprint density at radius 1 is 1.26 bits per heavy atom. The van der Waals surface area contributed by atoms with Crippen LogP contribution in [0.5, 0.6) is 0 Å². The molecule has 19 heavy (non-hydrogen) atoms. The monoisotopic (exact) mass is 266 g/mol. The topological polar surface area (TPSA) is 52.6 Å². The minimum absolute atomic E-state index is 0.0123. The van der Waals surface area contributed by atoms with Gasteiger partial charge in [-0.3, -0.25) is 9.59 Å². The molecule has 0 spiro atoms. The molecule has 5 heteroatoms. The first-order valence-electron chi connectivity index (χ1n) is 5.66. The summed E-state index contributed by atoms with van der Waals surface area (Å²) in [5.74, 6) is -2.41. The Morgan fingerprint density at radius 3 is 2.53 bits per heavy atom. The summed E-state index contributed by atoms with van der Waals surface area (Å²) < 4.78 is 22.8. The van der Waals surface area contributed by atoms with E-state index in [0.29, 0.717) is 0 Å². The number of benzene rings is 1. The summed E-state index contributed by atoms with van der Waals surface area (Å²) in [5.41, 5.74) is 0.204. The van der Waals surface area contributed by atoms with E-state index in [2.05, 4.69) is 9.47 Å². The van der Waals surface area contributed by atoms with Crippen molar-refractivity contribution in [3.8, 4) is 0 Å². The van der Waals surface area contributed by atoms with Gasteiger partial charge in [0.1, 0.15) is 11.7 Å². The molecular formula is C14H15FO4. The number of carbonyl (C=O) groups is 2. The van der Waals surface area contributed by atoms with Crippen molar-refractivity contribution >= 4 is 11.9 Å². The molecule has 1 rings (SSSR count). The summed E-state index contributed by atoms with van der Waals surface area (Å²) in [6.45, 7) is 0. The van der Waals surface area contributed by atoms with Gasteiger partial charge in [-0.05, 0) is 6.07 Å². The molecular weight excluding hydrogens is 251 g/mol. The predicted molar refractivity (Wildman–Crippen MR) is 66.9 cm³/mol. The van der Waals surface area contributed by atoms with Crippen LogP contribution in [0.4, 0.5) is 4.39 Å². The molecule has 0 amide bonds. The van der Waals surface area contributed by atoms with Crippen LogP contribution in [-0.2, 0) is 19.1 Å². The van der Waals surface area contributed by atoms with Crippen LogP contribution in [0.15, 0.2) is 36.4 Å². The van der Waals surface area contributed by atoms with E-state index in [9.17, 15) is 14.0 Å². The lowest BCUT2D eigenvalue weighted by Gasteiger charge is -2.11. The molecule has 4 nitrogen and oxygen atoms in total. The molecule has 0 aliphatic carbocycles. The fourth-order valence-electron chi connectivity index (χ4n) is 1.55. The van der Waals surface area contributed by atoms with Gasteiger partial charge < -0.3 is 9.47 Å². The van der Waals surface area contributed by atoms with Gasteiger partial charge in [0, 0.05) is 5.56 Å². The van der Waals surface area contributed by atoms with Gasteiger partial charge in [-0.25, -0.2) is 4.39 Å². The average molecular weight is 266 g/mol. The maximum absolute atomic E-state index is 13.7. The van der Waals surface area contributed by atoms with Gasteiger partial charge in [0.05, 0.1) is 20.6 Å². The molecule has 1 aromatic carbocycles. The molecule has 0 heterocycles. The van der Waals surface area contributed by atoms with Crippen molar-refractivity contribution in [1.29, 1.82) is 0 Å². The first-order chi connectivity index (χ1) is 9.10. The Morgan fingerprint density at radius 2 is 1.95 bits per heavy atom. The van der Waals surface area contributed by atoms with Crippen molar-refractivity contribution in [2.75, 3.05) is 14.2 Å². The molecule has 0 aliphatic heterocycles. The zero-order valence-electron chi connectivity index (χ0n) is 10.8. The SMILES string of the molecule is COC(=O)C/C=C\C(C(=O)OC)c1ccccc1F. The Bertz CT molecular complexity index is 482. The van der Waals surface area contributed by atoms with Crippen molar-refractivity contribution in [1.82, 2.24) is 0 Å². The summed E-state index contributed by atoms with van der Waals surface area (Å²) in [7, 11) is 2.50. The molecule has 0 saturated carbocycles. The smallest absolute Gasteiger partial charge is 0.317 e. The molecule has 1 unspecified atom stereocenters. The van der Waals surface area contributed by atoms with E-state index in [0.717, 1.165) is 0 Å². The summed E-state index contributed by atoms with van der Waals surface area (Å²) in [5, 5.41) is 0. The van der Waals surface area contributed by atoms with Crippen molar-refractivity contribution in [2.45, 2.75) is 12.3 Å². The van der Waals surface area contributed by atoms with Crippen LogP contribution in [-0.4, -0.2) is 26.2 Å². The molecule has 1 aromatic rings. The van der Waals surface area contributed by atoms with E-state index in [1.807, 2.05) is 0 Å². The lowest BCUT2D eigenvalue weighted by atomic mass is 9.98. The van der Waals surface area contributed by atoms with Crippen LogP contribution >= 0.6 is 0 Å². The van der Waals surface area contributed by atoms with Gasteiger partial charge in [0.2, 0.25) is 0 Å². The Hall–Kier alpha value is -2.17. The third-order valence-electron chi connectivity index (χ3n) is 2.54. The number of carbonyl (C=O) groups excluding carboxylic acids is 2. The molecule has 102 valence electrons. The van der Waals surface area contributed by atoms with E-state index < -0.39 is 23.7 Å². The van der Waals surface area contributed by atoms with E-state index in [1.165, 1.54) is 44.6 Å². The standard InChI is InChI=1S/C14H15FO4/c1-18-13(16)9-5-7-11(14(17)19-2)10-6-3-4-8-12(10)15/h3-8,11H,9H2,1-2H3/b7-5-. The molecule has 0 fully saturated rings. The van der Waals surface area contributed by atoms with E-state index in [4.69, 9.17) is 0 Å². The van der Waals surface area contributed by atoms with Crippen LogP contribution in [0.1, 0.15) is 17.9 Å². The lowest BCUT2D eigenvalue weighted by molar-refractivity contribution is -0.141. The number of methoxy groups -OCH3 is 2. The van der Waals surface area contributed by atoms with Crippen LogP contribution in [0.25, 0.3) is 0 Å². The highest BCUT2D eigenvalue weighted by Crippen LogP contribution is 2.22. The maximum atomic E-state index is 13.7. The third-order valence-corrected chi connectivity index (χ3v) is 2.54. The molecule has 0 aromatic heterocycles. The Labute approximate surface area is 110 Å². The van der Waals surface area contributed by atoms with Gasteiger partial charge in [0.15, 0.2) is 0 Å². The van der Waals surface area contributed by atoms with Gasteiger partial charge in [-0.1, -0.05) is 30.4 Å². The first-order valence-corrected chi connectivity index (χ1v) is 5.66. The van der Waals surface area contributed by atoms with Gasteiger partial charge >= 0.3 is 11.9 Å². The number of esters is 2. The van der Waals surface area contributed by atoms with Crippen LogP contribution < -0.4 is 0 Å². The zero-order chi connectivity index (χ0) is 14.3. The second-order valence-electron chi connectivity index (χ2n) is 3.73. The molecule has 0 bridgehead atoms. The molecule has 0 radical (unpaired) electrons. The Kier molecular flexibility index (Phi) is 5.73. The molecule has 0 N–H and O–H groups in total. The van der Waals surface area contributed by atoms with Crippen LogP contribution in [0.3, 0.4) is 0 Å². The molecule has 1 atom stereocenters. The number of ether oxygens (including phenoxy) is 2. The highest BCUT2D eigenvalue weighted by molar-refractivity contribution is 5.80. The fraction of sp³-hybridized carbons (Fsp3) is 0.286. The second kappa shape index (κ2) is 7.31. The number of rotatable bonds is 5. The van der Waals surface area contributed by atoms with Crippen molar-refractivity contribution in [3.63, 3.8) is 0 Å². The summed E-state index contributed by atoms with van der Waals surface area (Å²) in [4.78, 5) is 22.6. The van der Waals surface area contributed by atoms with Crippen molar-refractivity contribution in [2.24, 2.45) is 0 Å². The predicted octanol–water partition coefficient (Wildman–Crippen LogP) is 2.20. The third kappa shape index (κ3) is 4.21. The van der Waals surface area contributed by atoms with Gasteiger partial charge in [-0.15, -0.1) is 0 Å².